The quantitative estimate of drug-likeness (QED) is 0.182. The van der Waals surface area contributed by atoms with E-state index in [-0.39, 0.29) is 35.4 Å². The van der Waals surface area contributed by atoms with Crippen LogP contribution in [0.3, 0.4) is 0 Å². The van der Waals surface area contributed by atoms with E-state index in [0.717, 1.165) is 0 Å². The van der Waals surface area contributed by atoms with Crippen LogP contribution < -0.4 is 16.4 Å². The van der Waals surface area contributed by atoms with Crippen LogP contribution in [0.15, 0.2) is 58.2 Å². The van der Waals surface area contributed by atoms with Crippen molar-refractivity contribution < 1.29 is 34.5 Å². The Balaban J connectivity index is 1.81. The number of amides is 1. The van der Waals surface area contributed by atoms with E-state index in [4.69, 9.17) is 11.5 Å². The minimum absolute atomic E-state index is 0.110. The van der Waals surface area contributed by atoms with E-state index in [1.807, 2.05) is 0 Å². The van der Waals surface area contributed by atoms with Crippen LogP contribution in [0.4, 0.5) is 11.4 Å². The molecule has 0 aromatic heterocycles. The molecule has 0 aliphatic heterocycles. The summed E-state index contributed by atoms with van der Waals surface area (Å²) in [4.78, 5) is 67.7. The highest BCUT2D eigenvalue weighted by Gasteiger charge is 2.66. The van der Waals surface area contributed by atoms with Gasteiger partial charge in [-0.1, -0.05) is 24.3 Å². The molecule has 13 nitrogen and oxygen atoms in total. The van der Waals surface area contributed by atoms with Crippen molar-refractivity contribution in [3.8, 4) is 11.1 Å². The highest BCUT2D eigenvalue weighted by molar-refractivity contribution is 6.25. The predicted octanol–water partition coefficient (Wildman–Crippen LogP) is 1.83. The standard InChI is InChI=1S/C31H33N5O8/c1-13(37)14-6-8-15(9-7-14)16-10-19(35(2)3)17-11-30(33)12-18-24(36(4)5)26(39)21(29(32)42)27(40)31(18,43)28(41)22(30)25(38)20(17)23(16)34-44/h6-10,18,24,39,41,43H,11-12,33H2,1-5H3,(H2,32,42)/t18-,24-,30+,31+/m0/s1. The number of hydrogen-bond acceptors (Lipinski definition) is 12. The number of aliphatic hydroxyl groups excluding tert-OH is 2. The molecule has 0 radical (unpaired) electrons. The monoisotopic (exact) mass is 603 g/mol. The minimum Gasteiger partial charge on any atom is -0.510 e. The minimum atomic E-state index is -2.84. The normalized spacial score (nSPS) is 26.3. The molecular weight excluding hydrogens is 570 g/mol. The molecule has 0 saturated carbocycles. The van der Waals surface area contributed by atoms with Crippen LogP contribution in [-0.4, -0.2) is 88.8 Å². The van der Waals surface area contributed by atoms with Crippen LogP contribution in [0.25, 0.3) is 11.1 Å². The van der Waals surface area contributed by atoms with Gasteiger partial charge in [0.2, 0.25) is 5.78 Å². The summed E-state index contributed by atoms with van der Waals surface area (Å²) in [5.74, 6) is -6.81. The lowest BCUT2D eigenvalue weighted by Crippen LogP contribution is -2.68. The molecule has 4 atom stereocenters. The molecule has 0 fully saturated rings. The van der Waals surface area contributed by atoms with Gasteiger partial charge < -0.3 is 31.7 Å². The maximum Gasteiger partial charge on any atom is 0.255 e. The number of primary amides is 1. The number of fused-ring (bicyclic) bond motifs is 3. The molecule has 2 aromatic carbocycles. The van der Waals surface area contributed by atoms with Crippen LogP contribution in [0.5, 0.6) is 0 Å². The molecule has 3 aliphatic carbocycles. The second-order valence-corrected chi connectivity index (χ2v) is 12.1. The number of nitrogens with zero attached hydrogens (tertiary/aromatic N) is 3. The van der Waals surface area contributed by atoms with Gasteiger partial charge in [-0.3, -0.25) is 24.1 Å². The Bertz CT molecular complexity index is 1740. The van der Waals surface area contributed by atoms with Crippen molar-refractivity contribution in [1.29, 1.82) is 0 Å². The molecule has 0 heterocycles. The molecule has 1 amide bonds. The first kappa shape index (κ1) is 30.7. The maximum atomic E-state index is 14.4. The number of nitroso groups, excluding NO2 is 1. The Morgan fingerprint density at radius 3 is 2.18 bits per heavy atom. The summed E-state index contributed by atoms with van der Waals surface area (Å²) >= 11 is 0. The van der Waals surface area contributed by atoms with Crippen LogP contribution in [0.1, 0.15) is 39.6 Å². The lowest BCUT2D eigenvalue weighted by molar-refractivity contribution is -0.148. The number of Topliss-reactive ketones (excluding diaryl/α,β-unsaturated/α-hetero) is 3. The Kier molecular flexibility index (Phi) is 7.11. The van der Waals surface area contributed by atoms with Gasteiger partial charge in [-0.15, -0.1) is 4.91 Å². The summed E-state index contributed by atoms with van der Waals surface area (Å²) in [6, 6.07) is 6.89. The zero-order valence-electron chi connectivity index (χ0n) is 24.8. The number of benzene rings is 2. The molecular formula is C31H33N5O8. The average Bonchev–Trinajstić information content (AvgIpc) is 2.93. The van der Waals surface area contributed by atoms with Crippen LogP contribution in [-0.2, 0) is 16.0 Å². The largest absolute Gasteiger partial charge is 0.510 e. The van der Waals surface area contributed by atoms with Crippen molar-refractivity contribution in [2.45, 2.75) is 36.9 Å². The lowest BCUT2D eigenvalue weighted by atomic mass is 9.56. The number of carbonyl (C=O) groups is 4. The Morgan fingerprint density at radius 1 is 1.07 bits per heavy atom. The molecule has 0 unspecified atom stereocenters. The van der Waals surface area contributed by atoms with Gasteiger partial charge >= 0.3 is 0 Å². The predicted molar refractivity (Wildman–Crippen MR) is 161 cm³/mol. The van der Waals surface area contributed by atoms with Gasteiger partial charge in [0.25, 0.3) is 5.91 Å². The Labute approximate surface area is 252 Å². The van der Waals surface area contributed by atoms with E-state index in [2.05, 4.69) is 5.18 Å². The second kappa shape index (κ2) is 10.2. The number of rotatable bonds is 6. The first-order valence-corrected chi connectivity index (χ1v) is 13.8. The molecule has 230 valence electrons. The van der Waals surface area contributed by atoms with Gasteiger partial charge in [0.05, 0.1) is 22.7 Å². The SMILES string of the molecule is CC(=O)c1ccc(-c2cc(N(C)C)c3c(c2N=O)C(=O)C2=C(O)[C@]4(O)C(=O)C(C(N)=O)=C(O)[C@@H](N(C)C)[C@@H]4C[C@]2(N)C3)cc1. The third-order valence-corrected chi connectivity index (χ3v) is 9.02. The van der Waals surface area contributed by atoms with E-state index >= 15 is 0 Å². The zero-order chi connectivity index (χ0) is 32.6. The first-order chi connectivity index (χ1) is 20.5. The summed E-state index contributed by atoms with van der Waals surface area (Å²) in [7, 11) is 6.54. The summed E-state index contributed by atoms with van der Waals surface area (Å²) in [6.07, 6.45) is -0.384. The highest BCUT2D eigenvalue weighted by atomic mass is 16.3. The fourth-order valence-electron chi connectivity index (χ4n) is 7.00. The second-order valence-electron chi connectivity index (χ2n) is 12.1. The van der Waals surface area contributed by atoms with Gasteiger partial charge in [0.1, 0.15) is 22.8 Å². The van der Waals surface area contributed by atoms with Crippen LogP contribution in [0, 0.1) is 10.8 Å². The van der Waals surface area contributed by atoms with Crippen molar-refractivity contribution >= 4 is 34.6 Å². The molecule has 7 N–H and O–H groups in total. The van der Waals surface area contributed by atoms with E-state index in [1.165, 1.54) is 25.9 Å². The summed E-state index contributed by atoms with van der Waals surface area (Å²) in [6.45, 7) is 1.42. The molecule has 0 spiro atoms. The van der Waals surface area contributed by atoms with E-state index in [0.29, 0.717) is 22.4 Å². The van der Waals surface area contributed by atoms with Crippen LogP contribution >= 0.6 is 0 Å². The summed E-state index contributed by atoms with van der Waals surface area (Å²) in [5.41, 5.74) is 8.06. The fourth-order valence-corrected chi connectivity index (χ4v) is 7.00. The summed E-state index contributed by atoms with van der Waals surface area (Å²) < 4.78 is 0. The lowest BCUT2D eigenvalue weighted by Gasteiger charge is -2.53. The van der Waals surface area contributed by atoms with Gasteiger partial charge in [-0.05, 0) is 56.2 Å². The number of ketones is 3. The number of nitrogens with two attached hydrogens (primary N) is 2. The van der Waals surface area contributed by atoms with Crippen molar-refractivity contribution in [2.75, 3.05) is 33.1 Å². The van der Waals surface area contributed by atoms with E-state index in [9.17, 15) is 39.4 Å². The summed E-state index contributed by atoms with van der Waals surface area (Å²) in [5, 5.41) is 37.8. The highest BCUT2D eigenvalue weighted by Crippen LogP contribution is 2.55. The smallest absolute Gasteiger partial charge is 0.255 e. The van der Waals surface area contributed by atoms with E-state index < -0.39 is 63.2 Å². The number of likely N-dealkylation sites (N-methyl/N-ethyl adjacent to an activating group) is 1. The molecule has 5 rings (SSSR count). The topological polar surface area (TPSA) is 217 Å². The third kappa shape index (κ3) is 4.11. The molecule has 0 saturated heterocycles. The van der Waals surface area contributed by atoms with Gasteiger partial charge in [0, 0.05) is 36.8 Å². The van der Waals surface area contributed by atoms with E-state index in [1.54, 1.807) is 49.3 Å². The number of hydrogen-bond donors (Lipinski definition) is 5. The number of anilines is 1. The molecule has 0 bridgehead atoms. The van der Waals surface area contributed by atoms with Crippen molar-refractivity contribution in [2.24, 2.45) is 22.6 Å². The number of aliphatic hydroxyl groups is 3. The average molecular weight is 604 g/mol. The van der Waals surface area contributed by atoms with Gasteiger partial charge in [-0.2, -0.15) is 0 Å². The van der Waals surface area contributed by atoms with Crippen molar-refractivity contribution in [3.63, 3.8) is 0 Å². The molecule has 13 heteroatoms. The van der Waals surface area contributed by atoms with Gasteiger partial charge in [-0.25, -0.2) is 0 Å². The zero-order valence-corrected chi connectivity index (χ0v) is 24.8. The molecule has 3 aliphatic rings. The molecule has 44 heavy (non-hydrogen) atoms. The Hall–Kier alpha value is -4.72. The van der Waals surface area contributed by atoms with Crippen molar-refractivity contribution in [1.82, 2.24) is 4.90 Å². The Morgan fingerprint density at radius 2 is 1.68 bits per heavy atom. The third-order valence-electron chi connectivity index (χ3n) is 9.02. The fraction of sp³-hybridized carbons (Fsp3) is 0.355. The molecule has 2 aromatic rings. The number of carbonyl (C=O) groups excluding carboxylic acids is 4. The maximum absolute atomic E-state index is 14.4. The van der Waals surface area contributed by atoms with Gasteiger partial charge in [0.15, 0.2) is 17.2 Å². The van der Waals surface area contributed by atoms with Crippen molar-refractivity contribution in [3.05, 3.63) is 74.6 Å². The van der Waals surface area contributed by atoms with Crippen LogP contribution in [0.2, 0.25) is 0 Å². The first-order valence-electron chi connectivity index (χ1n) is 13.8.